The van der Waals surface area contributed by atoms with Crippen molar-refractivity contribution in [2.24, 2.45) is 5.92 Å². The molecule has 0 saturated heterocycles. The topological polar surface area (TPSA) is 83.8 Å². The third-order valence-electron chi connectivity index (χ3n) is 2.58. The normalized spacial score (nSPS) is 11.9. The summed E-state index contributed by atoms with van der Waals surface area (Å²) in [7, 11) is 1.23. The fourth-order valence-corrected chi connectivity index (χ4v) is 1.54. The third kappa shape index (κ3) is 6.06. The van der Waals surface area contributed by atoms with Gasteiger partial charge in [-0.05, 0) is 12.8 Å². The molecule has 0 saturated carbocycles. The maximum atomic E-state index is 11.4. The Morgan fingerprint density at radius 1 is 1.24 bits per heavy atom. The van der Waals surface area contributed by atoms with Crippen LogP contribution in [0.2, 0.25) is 0 Å². The van der Waals surface area contributed by atoms with E-state index >= 15 is 0 Å². The minimum Gasteiger partial charge on any atom is -0.478 e. The molecule has 0 aliphatic carbocycles. The van der Waals surface area contributed by atoms with Gasteiger partial charge in [0.05, 0.1) is 13.0 Å². The average molecular weight is 244 g/mol. The molecular weight excluding hydrogens is 224 g/mol. The fraction of sp³-hybridized carbons (Fsp3) is 0.667. The summed E-state index contributed by atoms with van der Waals surface area (Å²) in [6, 6.07) is 0. The van der Waals surface area contributed by atoms with E-state index in [9.17, 15) is 9.59 Å². The van der Waals surface area contributed by atoms with Gasteiger partial charge in [0.2, 0.25) is 0 Å². The lowest BCUT2D eigenvalue weighted by Gasteiger charge is -2.14. The van der Waals surface area contributed by atoms with Crippen molar-refractivity contribution >= 4 is 11.9 Å². The van der Waals surface area contributed by atoms with E-state index in [4.69, 9.17) is 10.2 Å². The SMILES string of the molecule is C=C(C(=O)O)[C@@H](CCCCCCO)C(=O)OC. The van der Waals surface area contributed by atoms with E-state index in [1.54, 1.807) is 0 Å². The number of aliphatic hydroxyl groups excluding tert-OH is 1. The number of carbonyl (C=O) groups is 2. The highest BCUT2D eigenvalue weighted by molar-refractivity contribution is 5.93. The molecule has 0 unspecified atom stereocenters. The number of rotatable bonds is 9. The monoisotopic (exact) mass is 244 g/mol. The number of unbranched alkanes of at least 4 members (excludes halogenated alkanes) is 3. The van der Waals surface area contributed by atoms with Crippen LogP contribution in [0.15, 0.2) is 12.2 Å². The Hall–Kier alpha value is -1.36. The molecule has 0 fully saturated rings. The number of carboxylic acid groups (broad SMARTS) is 1. The van der Waals surface area contributed by atoms with Gasteiger partial charge < -0.3 is 14.9 Å². The molecule has 5 nitrogen and oxygen atoms in total. The first kappa shape index (κ1) is 15.6. The Labute approximate surface area is 101 Å². The molecule has 0 amide bonds. The summed E-state index contributed by atoms with van der Waals surface area (Å²) in [5.74, 6) is -2.50. The molecule has 17 heavy (non-hydrogen) atoms. The van der Waals surface area contributed by atoms with Crippen LogP contribution in [-0.4, -0.2) is 35.9 Å². The number of aliphatic hydroxyl groups is 1. The van der Waals surface area contributed by atoms with E-state index in [2.05, 4.69) is 11.3 Å². The van der Waals surface area contributed by atoms with Crippen molar-refractivity contribution in [3.8, 4) is 0 Å². The largest absolute Gasteiger partial charge is 0.478 e. The smallest absolute Gasteiger partial charge is 0.331 e. The molecule has 0 rings (SSSR count). The molecule has 0 aromatic carbocycles. The van der Waals surface area contributed by atoms with E-state index < -0.39 is 17.9 Å². The van der Waals surface area contributed by atoms with Gasteiger partial charge in [-0.2, -0.15) is 0 Å². The molecule has 5 heteroatoms. The second-order valence-corrected chi connectivity index (χ2v) is 3.83. The number of aliphatic carboxylic acids is 1. The van der Waals surface area contributed by atoms with E-state index in [0.29, 0.717) is 12.8 Å². The predicted octanol–water partition coefficient (Wildman–Crippen LogP) is 1.36. The van der Waals surface area contributed by atoms with E-state index in [-0.39, 0.29) is 12.2 Å². The van der Waals surface area contributed by atoms with Crippen LogP contribution in [0.25, 0.3) is 0 Å². The molecule has 0 aromatic heterocycles. The Morgan fingerprint density at radius 3 is 2.29 bits per heavy atom. The summed E-state index contributed by atoms with van der Waals surface area (Å²) in [5.41, 5.74) is -0.126. The second-order valence-electron chi connectivity index (χ2n) is 3.83. The number of hydrogen-bond acceptors (Lipinski definition) is 4. The zero-order valence-electron chi connectivity index (χ0n) is 10.1. The molecule has 98 valence electrons. The first-order valence-corrected chi connectivity index (χ1v) is 5.65. The fourth-order valence-electron chi connectivity index (χ4n) is 1.54. The molecule has 0 spiro atoms. The summed E-state index contributed by atoms with van der Waals surface area (Å²) in [6.07, 6.45) is 3.57. The van der Waals surface area contributed by atoms with Crippen molar-refractivity contribution in [2.45, 2.75) is 32.1 Å². The number of carboxylic acids is 1. The number of methoxy groups -OCH3 is 1. The summed E-state index contributed by atoms with van der Waals surface area (Å²) in [5, 5.41) is 17.4. The van der Waals surface area contributed by atoms with Crippen LogP contribution >= 0.6 is 0 Å². The Kier molecular flexibility index (Phi) is 8.05. The van der Waals surface area contributed by atoms with Crippen LogP contribution in [0.1, 0.15) is 32.1 Å². The van der Waals surface area contributed by atoms with Gasteiger partial charge in [-0.25, -0.2) is 4.79 Å². The zero-order chi connectivity index (χ0) is 13.3. The van der Waals surface area contributed by atoms with Crippen molar-refractivity contribution in [3.63, 3.8) is 0 Å². The standard InChI is InChI=1S/C12H20O5/c1-9(11(14)15)10(12(16)17-2)7-5-3-4-6-8-13/h10,13H,1,3-8H2,2H3,(H,14,15)/t10-/m1/s1. The van der Waals surface area contributed by atoms with Crippen molar-refractivity contribution in [1.29, 1.82) is 0 Å². The minimum atomic E-state index is -1.17. The van der Waals surface area contributed by atoms with Gasteiger partial charge in [0.25, 0.3) is 0 Å². The Morgan fingerprint density at radius 2 is 1.82 bits per heavy atom. The van der Waals surface area contributed by atoms with Gasteiger partial charge in [0, 0.05) is 12.2 Å². The third-order valence-corrected chi connectivity index (χ3v) is 2.58. The van der Waals surface area contributed by atoms with Crippen molar-refractivity contribution < 1.29 is 24.5 Å². The zero-order valence-corrected chi connectivity index (χ0v) is 10.1. The van der Waals surface area contributed by atoms with Gasteiger partial charge >= 0.3 is 11.9 Å². The number of esters is 1. The molecule has 0 radical (unpaired) electrons. The summed E-state index contributed by atoms with van der Waals surface area (Å²) in [4.78, 5) is 22.1. The van der Waals surface area contributed by atoms with Crippen LogP contribution in [0.3, 0.4) is 0 Å². The van der Waals surface area contributed by atoms with E-state index in [0.717, 1.165) is 19.3 Å². The van der Waals surface area contributed by atoms with Crippen molar-refractivity contribution in [2.75, 3.05) is 13.7 Å². The summed E-state index contributed by atoms with van der Waals surface area (Å²) >= 11 is 0. The van der Waals surface area contributed by atoms with Gasteiger partial charge in [-0.15, -0.1) is 0 Å². The van der Waals surface area contributed by atoms with Crippen LogP contribution in [0.4, 0.5) is 0 Å². The highest BCUT2D eigenvalue weighted by Crippen LogP contribution is 2.19. The van der Waals surface area contributed by atoms with E-state index in [1.165, 1.54) is 7.11 Å². The van der Waals surface area contributed by atoms with Crippen molar-refractivity contribution in [3.05, 3.63) is 12.2 Å². The lowest BCUT2D eigenvalue weighted by atomic mass is 9.94. The highest BCUT2D eigenvalue weighted by Gasteiger charge is 2.26. The second kappa shape index (κ2) is 8.75. The quantitative estimate of drug-likeness (QED) is 0.363. The molecule has 0 aliphatic rings. The molecule has 0 aromatic rings. The number of hydrogen-bond donors (Lipinski definition) is 2. The predicted molar refractivity (Wildman–Crippen MR) is 62.5 cm³/mol. The van der Waals surface area contributed by atoms with Gasteiger partial charge in [-0.1, -0.05) is 25.8 Å². The van der Waals surface area contributed by atoms with Gasteiger partial charge in [0.1, 0.15) is 0 Å². The molecular formula is C12H20O5. The molecule has 0 heterocycles. The van der Waals surface area contributed by atoms with Crippen LogP contribution in [0, 0.1) is 5.92 Å². The maximum absolute atomic E-state index is 11.4. The average Bonchev–Trinajstić information content (AvgIpc) is 2.32. The van der Waals surface area contributed by atoms with Crippen LogP contribution in [-0.2, 0) is 14.3 Å². The van der Waals surface area contributed by atoms with Crippen molar-refractivity contribution in [1.82, 2.24) is 0 Å². The van der Waals surface area contributed by atoms with Crippen LogP contribution < -0.4 is 0 Å². The Balaban J connectivity index is 4.17. The van der Waals surface area contributed by atoms with Gasteiger partial charge in [0.15, 0.2) is 0 Å². The molecule has 1 atom stereocenters. The lowest BCUT2D eigenvalue weighted by molar-refractivity contribution is -0.146. The summed E-state index contributed by atoms with van der Waals surface area (Å²) < 4.78 is 4.56. The summed E-state index contributed by atoms with van der Waals surface area (Å²) in [6.45, 7) is 3.55. The lowest BCUT2D eigenvalue weighted by Crippen LogP contribution is -2.22. The minimum absolute atomic E-state index is 0.126. The van der Waals surface area contributed by atoms with Crippen LogP contribution in [0.5, 0.6) is 0 Å². The maximum Gasteiger partial charge on any atom is 0.331 e. The first-order chi connectivity index (χ1) is 8.04. The molecule has 2 N–H and O–H groups in total. The van der Waals surface area contributed by atoms with Gasteiger partial charge in [-0.3, -0.25) is 4.79 Å². The first-order valence-electron chi connectivity index (χ1n) is 5.65. The van der Waals surface area contributed by atoms with E-state index in [1.807, 2.05) is 0 Å². The molecule has 0 aliphatic heterocycles. The Bertz CT molecular complexity index is 272. The number of ether oxygens (including phenoxy) is 1. The highest BCUT2D eigenvalue weighted by atomic mass is 16.5. The molecule has 0 bridgehead atoms. The number of carbonyl (C=O) groups excluding carboxylic acids is 1.